The molecule has 2 rings (SSSR count). The molecule has 1 fully saturated rings. The number of hydrogen-bond acceptors (Lipinski definition) is 3. The van der Waals surface area contributed by atoms with Crippen molar-refractivity contribution in [2.75, 3.05) is 26.2 Å². The number of aryl methyl sites for hydroxylation is 3. The van der Waals surface area contributed by atoms with Gasteiger partial charge in [-0.15, -0.1) is 0 Å². The third-order valence-corrected chi connectivity index (χ3v) is 7.18. The quantitative estimate of drug-likeness (QED) is 0.805. The molecule has 1 heterocycles. The van der Waals surface area contributed by atoms with Gasteiger partial charge in [-0.3, -0.25) is 4.79 Å². The molecule has 0 aromatic heterocycles. The third-order valence-electron chi connectivity index (χ3n) is 5.01. The number of amides is 1. The van der Waals surface area contributed by atoms with Gasteiger partial charge in [0, 0.05) is 26.2 Å². The fourth-order valence-electron chi connectivity index (χ4n) is 3.86. The molecule has 25 heavy (non-hydrogen) atoms. The molecular formula is C19H30N2O3S. The molecule has 0 N–H and O–H groups in total. The molecule has 1 amide bonds. The number of piperidine rings is 1. The SMILES string of the molecule is CCN(CC)C(=O)[C@H]1CCCN(S(=O)(=O)c2c(C)cc(C)cc2C)C1. The van der Waals surface area contributed by atoms with E-state index in [2.05, 4.69) is 0 Å². The summed E-state index contributed by atoms with van der Waals surface area (Å²) in [6.45, 7) is 11.7. The van der Waals surface area contributed by atoms with Crippen molar-refractivity contribution in [3.63, 3.8) is 0 Å². The highest BCUT2D eigenvalue weighted by atomic mass is 32.2. The Balaban J connectivity index is 2.30. The number of sulfonamides is 1. The average molecular weight is 367 g/mol. The van der Waals surface area contributed by atoms with Crippen LogP contribution in [0.3, 0.4) is 0 Å². The lowest BCUT2D eigenvalue weighted by Gasteiger charge is -2.34. The molecule has 1 atom stereocenters. The Bertz CT molecular complexity index is 716. The van der Waals surface area contributed by atoms with E-state index in [4.69, 9.17) is 0 Å². The summed E-state index contributed by atoms with van der Waals surface area (Å²) in [5.74, 6) is -0.170. The summed E-state index contributed by atoms with van der Waals surface area (Å²) in [5, 5.41) is 0. The Morgan fingerprint density at radius 1 is 1.16 bits per heavy atom. The van der Waals surface area contributed by atoms with E-state index in [9.17, 15) is 13.2 Å². The predicted molar refractivity (Wildman–Crippen MR) is 100 cm³/mol. The molecular weight excluding hydrogens is 336 g/mol. The summed E-state index contributed by atoms with van der Waals surface area (Å²) in [6.07, 6.45) is 1.48. The van der Waals surface area contributed by atoms with Gasteiger partial charge in [0.25, 0.3) is 0 Å². The first kappa shape index (κ1) is 19.9. The second-order valence-electron chi connectivity index (χ2n) is 6.94. The summed E-state index contributed by atoms with van der Waals surface area (Å²) in [5.41, 5.74) is 2.60. The monoisotopic (exact) mass is 366 g/mol. The number of hydrogen-bond donors (Lipinski definition) is 0. The van der Waals surface area contributed by atoms with E-state index in [0.717, 1.165) is 29.5 Å². The largest absolute Gasteiger partial charge is 0.343 e. The first-order chi connectivity index (χ1) is 11.7. The molecule has 5 nitrogen and oxygen atoms in total. The van der Waals surface area contributed by atoms with Gasteiger partial charge < -0.3 is 4.90 Å². The van der Waals surface area contributed by atoms with Crippen molar-refractivity contribution >= 4 is 15.9 Å². The highest BCUT2D eigenvalue weighted by molar-refractivity contribution is 7.89. The van der Waals surface area contributed by atoms with Gasteiger partial charge in [0.05, 0.1) is 10.8 Å². The molecule has 0 radical (unpaired) electrons. The maximum Gasteiger partial charge on any atom is 0.243 e. The highest BCUT2D eigenvalue weighted by Gasteiger charge is 2.35. The summed E-state index contributed by atoms with van der Waals surface area (Å²) >= 11 is 0. The Morgan fingerprint density at radius 2 is 1.72 bits per heavy atom. The molecule has 140 valence electrons. The zero-order valence-electron chi connectivity index (χ0n) is 16.0. The second kappa shape index (κ2) is 7.87. The lowest BCUT2D eigenvalue weighted by molar-refractivity contribution is -0.136. The van der Waals surface area contributed by atoms with Crippen LogP contribution in [0.2, 0.25) is 0 Å². The first-order valence-electron chi connectivity index (χ1n) is 9.09. The smallest absolute Gasteiger partial charge is 0.243 e. The number of benzene rings is 1. The normalized spacial score (nSPS) is 19.0. The molecule has 0 spiro atoms. The topological polar surface area (TPSA) is 57.7 Å². The minimum Gasteiger partial charge on any atom is -0.343 e. The molecule has 0 unspecified atom stereocenters. The molecule has 0 bridgehead atoms. The summed E-state index contributed by atoms with van der Waals surface area (Å²) in [4.78, 5) is 14.8. The average Bonchev–Trinajstić information content (AvgIpc) is 2.54. The third kappa shape index (κ3) is 4.06. The lowest BCUT2D eigenvalue weighted by atomic mass is 9.98. The van der Waals surface area contributed by atoms with Gasteiger partial charge in [-0.25, -0.2) is 8.42 Å². The Morgan fingerprint density at radius 3 is 2.24 bits per heavy atom. The van der Waals surface area contributed by atoms with E-state index in [0.29, 0.717) is 24.5 Å². The van der Waals surface area contributed by atoms with Gasteiger partial charge >= 0.3 is 0 Å². The molecule has 1 aromatic carbocycles. The number of rotatable bonds is 5. The van der Waals surface area contributed by atoms with Crippen LogP contribution in [0.5, 0.6) is 0 Å². The van der Waals surface area contributed by atoms with Crippen LogP contribution < -0.4 is 0 Å². The van der Waals surface area contributed by atoms with Gasteiger partial charge in [-0.1, -0.05) is 17.7 Å². The van der Waals surface area contributed by atoms with Crippen molar-refractivity contribution < 1.29 is 13.2 Å². The zero-order chi connectivity index (χ0) is 18.8. The second-order valence-corrected chi connectivity index (χ2v) is 8.82. The minimum atomic E-state index is -3.58. The fourth-order valence-corrected chi connectivity index (χ4v) is 5.79. The number of carbonyl (C=O) groups excluding carboxylic acids is 1. The van der Waals surface area contributed by atoms with E-state index >= 15 is 0 Å². The first-order valence-corrected chi connectivity index (χ1v) is 10.5. The standard InChI is InChI=1S/C19H30N2O3S/c1-6-20(7-2)19(22)17-9-8-10-21(13-17)25(23,24)18-15(4)11-14(3)12-16(18)5/h11-12,17H,6-10,13H2,1-5H3/t17-/m0/s1. The van der Waals surface area contributed by atoms with Gasteiger partial charge in [0.1, 0.15) is 0 Å². The number of nitrogens with zero attached hydrogens (tertiary/aromatic N) is 2. The van der Waals surface area contributed by atoms with Crippen molar-refractivity contribution in [3.8, 4) is 0 Å². The van der Waals surface area contributed by atoms with Gasteiger partial charge in [0.2, 0.25) is 15.9 Å². The van der Waals surface area contributed by atoms with Crippen LogP contribution in [-0.2, 0) is 14.8 Å². The van der Waals surface area contributed by atoms with Crippen LogP contribution in [0.4, 0.5) is 0 Å². The minimum absolute atomic E-state index is 0.0715. The van der Waals surface area contributed by atoms with Gasteiger partial charge in [-0.2, -0.15) is 4.31 Å². The molecule has 1 aliphatic rings. The Labute approximate surface area is 152 Å². The summed E-state index contributed by atoms with van der Waals surface area (Å²) < 4.78 is 27.9. The lowest BCUT2D eigenvalue weighted by Crippen LogP contribution is -2.46. The van der Waals surface area contributed by atoms with E-state index < -0.39 is 10.0 Å². The summed E-state index contributed by atoms with van der Waals surface area (Å²) in [7, 11) is -3.58. The van der Waals surface area contributed by atoms with Crippen LogP contribution in [0.1, 0.15) is 43.4 Å². The van der Waals surface area contributed by atoms with E-state index in [1.165, 1.54) is 4.31 Å². The van der Waals surface area contributed by atoms with E-state index in [1.54, 1.807) is 4.90 Å². The maximum absolute atomic E-state index is 13.2. The van der Waals surface area contributed by atoms with Crippen LogP contribution in [-0.4, -0.2) is 49.7 Å². The zero-order valence-corrected chi connectivity index (χ0v) is 16.8. The van der Waals surface area contributed by atoms with Crippen LogP contribution in [0.15, 0.2) is 17.0 Å². The van der Waals surface area contributed by atoms with Crippen molar-refractivity contribution in [3.05, 3.63) is 28.8 Å². The molecule has 6 heteroatoms. The predicted octanol–water partition coefficient (Wildman–Crippen LogP) is 2.88. The molecule has 0 aliphatic carbocycles. The van der Waals surface area contributed by atoms with Crippen molar-refractivity contribution in [2.45, 2.75) is 52.4 Å². The van der Waals surface area contributed by atoms with Gasteiger partial charge in [0.15, 0.2) is 0 Å². The van der Waals surface area contributed by atoms with Crippen molar-refractivity contribution in [1.82, 2.24) is 9.21 Å². The maximum atomic E-state index is 13.2. The molecule has 1 aliphatic heterocycles. The fraction of sp³-hybridized carbons (Fsp3) is 0.632. The van der Waals surface area contributed by atoms with Crippen LogP contribution in [0, 0.1) is 26.7 Å². The highest BCUT2D eigenvalue weighted by Crippen LogP contribution is 2.29. The molecule has 0 saturated carbocycles. The van der Waals surface area contributed by atoms with Crippen molar-refractivity contribution in [2.24, 2.45) is 5.92 Å². The Hall–Kier alpha value is -1.40. The summed E-state index contributed by atoms with van der Waals surface area (Å²) in [6, 6.07) is 3.81. The van der Waals surface area contributed by atoms with Crippen LogP contribution >= 0.6 is 0 Å². The Kier molecular flexibility index (Phi) is 6.27. The molecule has 1 saturated heterocycles. The van der Waals surface area contributed by atoms with Crippen LogP contribution in [0.25, 0.3) is 0 Å². The number of carbonyl (C=O) groups is 1. The van der Waals surface area contributed by atoms with Crippen molar-refractivity contribution in [1.29, 1.82) is 0 Å². The van der Waals surface area contributed by atoms with E-state index in [1.807, 2.05) is 46.8 Å². The van der Waals surface area contributed by atoms with Gasteiger partial charge in [-0.05, 0) is 58.6 Å². The van der Waals surface area contributed by atoms with E-state index in [-0.39, 0.29) is 18.4 Å². The molecule has 1 aromatic rings.